The van der Waals surface area contributed by atoms with Gasteiger partial charge in [-0.05, 0) is 12.1 Å². The number of halogens is 1. The maximum atomic E-state index is 13.1. The Morgan fingerprint density at radius 3 is 2.64 bits per heavy atom. The van der Waals surface area contributed by atoms with E-state index in [0.29, 0.717) is 10.6 Å². The molecule has 9 nitrogen and oxygen atoms in total. The average Bonchev–Trinajstić information content (AvgIpc) is 3.22. The van der Waals surface area contributed by atoms with E-state index in [1.54, 1.807) is 24.3 Å². The number of rotatable bonds is 4. The van der Waals surface area contributed by atoms with Gasteiger partial charge >= 0.3 is 0 Å². The summed E-state index contributed by atoms with van der Waals surface area (Å²) >= 11 is 6.19. The van der Waals surface area contributed by atoms with Crippen LogP contribution in [-0.4, -0.2) is 35.7 Å². The molecule has 2 atom stereocenters. The molecule has 0 saturated carbocycles. The predicted octanol–water partition coefficient (Wildman–Crippen LogP) is 2.55. The van der Waals surface area contributed by atoms with Crippen molar-refractivity contribution in [3.63, 3.8) is 0 Å². The van der Waals surface area contributed by atoms with Crippen LogP contribution in [0.25, 0.3) is 0 Å². The van der Waals surface area contributed by atoms with Crippen LogP contribution in [0.2, 0.25) is 5.02 Å². The highest BCUT2D eigenvalue weighted by Crippen LogP contribution is 2.40. The number of nitro benzene ring substituents is 1. The van der Waals surface area contributed by atoms with E-state index < -0.39 is 28.8 Å². The van der Waals surface area contributed by atoms with Gasteiger partial charge in [0, 0.05) is 22.7 Å². The molecule has 1 fully saturated rings. The molecule has 28 heavy (non-hydrogen) atoms. The molecule has 0 N–H and O–H groups in total. The molecule has 2 aliphatic rings. The summed E-state index contributed by atoms with van der Waals surface area (Å²) in [7, 11) is 1.34. The fourth-order valence-corrected chi connectivity index (χ4v) is 3.51. The molecule has 0 spiro atoms. The van der Waals surface area contributed by atoms with Gasteiger partial charge in [-0.25, -0.2) is 4.90 Å². The van der Waals surface area contributed by atoms with Gasteiger partial charge in [0.2, 0.25) is 12.0 Å². The van der Waals surface area contributed by atoms with Crippen LogP contribution in [0.3, 0.4) is 0 Å². The third-order valence-electron chi connectivity index (χ3n) is 4.58. The molecule has 2 amide bonds. The number of non-ortho nitro benzene ring substituents is 1. The van der Waals surface area contributed by atoms with E-state index in [2.05, 4.69) is 5.16 Å². The van der Waals surface area contributed by atoms with E-state index in [1.807, 2.05) is 0 Å². The van der Waals surface area contributed by atoms with E-state index in [1.165, 1.54) is 19.2 Å². The van der Waals surface area contributed by atoms with Crippen LogP contribution in [0.5, 0.6) is 5.75 Å². The molecule has 2 heterocycles. The molecule has 0 aromatic heterocycles. The Labute approximate surface area is 163 Å². The summed E-state index contributed by atoms with van der Waals surface area (Å²) < 4.78 is 5.18. The minimum atomic E-state index is -1.16. The Balaban J connectivity index is 1.77. The average molecular weight is 402 g/mol. The molecule has 0 radical (unpaired) electrons. The molecule has 0 bridgehead atoms. The molecule has 2 aromatic carbocycles. The highest BCUT2D eigenvalue weighted by Gasteiger charge is 2.57. The number of fused-ring (bicyclic) bond motifs is 1. The van der Waals surface area contributed by atoms with Gasteiger partial charge < -0.3 is 9.57 Å². The number of hydrogen-bond donors (Lipinski definition) is 0. The topological polar surface area (TPSA) is 111 Å². The smallest absolute Gasteiger partial charge is 0.279 e. The van der Waals surface area contributed by atoms with Crippen LogP contribution in [0.1, 0.15) is 5.56 Å². The molecule has 0 unspecified atom stereocenters. The number of carbonyl (C=O) groups excluding carboxylic acids is 2. The summed E-state index contributed by atoms with van der Waals surface area (Å²) in [6.45, 7) is 0. The standard InChI is InChI=1S/C18H12ClN3O6/c1-27-13-7-6-9(22(25)26)8-12(13)21-17(23)14-15(20-28-16(14)18(21)24)10-4-2-3-5-11(10)19/h2-8,14,16H,1H3/t14-,16-/m1/s1. The Hall–Kier alpha value is -3.46. The number of benzene rings is 2. The highest BCUT2D eigenvalue weighted by molar-refractivity contribution is 6.38. The second-order valence-corrected chi connectivity index (χ2v) is 6.49. The van der Waals surface area contributed by atoms with Crippen molar-refractivity contribution in [3.05, 3.63) is 63.2 Å². The summed E-state index contributed by atoms with van der Waals surface area (Å²) in [4.78, 5) is 42.5. The summed E-state index contributed by atoms with van der Waals surface area (Å²) in [5, 5.41) is 15.4. The number of carbonyl (C=O) groups is 2. The lowest BCUT2D eigenvalue weighted by atomic mass is 9.94. The van der Waals surface area contributed by atoms with Crippen molar-refractivity contribution in [1.29, 1.82) is 0 Å². The second kappa shape index (κ2) is 6.61. The fraction of sp³-hybridized carbons (Fsp3) is 0.167. The molecule has 0 aliphatic carbocycles. The summed E-state index contributed by atoms with van der Waals surface area (Å²) in [6.07, 6.45) is -1.16. The number of ether oxygens (including phenoxy) is 1. The SMILES string of the molecule is COc1ccc([N+](=O)[O-])cc1N1C(=O)[C@@H]2C(c3ccccc3Cl)=NO[C@H]2C1=O. The maximum Gasteiger partial charge on any atom is 0.279 e. The first-order valence-electron chi connectivity index (χ1n) is 8.13. The monoisotopic (exact) mass is 401 g/mol. The Morgan fingerprint density at radius 1 is 1.21 bits per heavy atom. The minimum absolute atomic E-state index is 0.0248. The lowest BCUT2D eigenvalue weighted by molar-refractivity contribution is -0.384. The van der Waals surface area contributed by atoms with Crippen molar-refractivity contribution < 1.29 is 24.1 Å². The molecule has 10 heteroatoms. The first kappa shape index (κ1) is 17.9. The van der Waals surface area contributed by atoms with Crippen LogP contribution in [0.15, 0.2) is 47.6 Å². The van der Waals surface area contributed by atoms with Crippen molar-refractivity contribution in [2.24, 2.45) is 11.1 Å². The maximum absolute atomic E-state index is 13.1. The van der Waals surface area contributed by atoms with Gasteiger partial charge in [-0.2, -0.15) is 0 Å². The van der Waals surface area contributed by atoms with E-state index >= 15 is 0 Å². The Kier molecular flexibility index (Phi) is 4.23. The van der Waals surface area contributed by atoms with Crippen molar-refractivity contribution in [3.8, 4) is 5.75 Å². The van der Waals surface area contributed by atoms with Crippen LogP contribution in [-0.2, 0) is 14.4 Å². The zero-order valence-electron chi connectivity index (χ0n) is 14.4. The van der Waals surface area contributed by atoms with Gasteiger partial charge in [0.1, 0.15) is 23.1 Å². The normalized spacial score (nSPS) is 20.6. The molecule has 1 saturated heterocycles. The molecule has 142 valence electrons. The van der Waals surface area contributed by atoms with Crippen molar-refractivity contribution in [1.82, 2.24) is 0 Å². The van der Waals surface area contributed by atoms with E-state index in [0.717, 1.165) is 11.0 Å². The third-order valence-corrected chi connectivity index (χ3v) is 4.91. The number of anilines is 1. The van der Waals surface area contributed by atoms with Crippen molar-refractivity contribution >= 4 is 40.5 Å². The second-order valence-electron chi connectivity index (χ2n) is 6.09. The number of hydrogen-bond acceptors (Lipinski definition) is 7. The van der Waals surface area contributed by atoms with E-state index in [-0.39, 0.29) is 22.8 Å². The third kappa shape index (κ3) is 2.59. The number of nitro groups is 1. The Morgan fingerprint density at radius 2 is 1.96 bits per heavy atom. The minimum Gasteiger partial charge on any atom is -0.495 e. The first-order chi connectivity index (χ1) is 13.4. The van der Waals surface area contributed by atoms with Crippen LogP contribution in [0.4, 0.5) is 11.4 Å². The zero-order chi connectivity index (χ0) is 20.0. The number of methoxy groups -OCH3 is 1. The van der Waals surface area contributed by atoms with Gasteiger partial charge in [-0.1, -0.05) is 35.0 Å². The van der Waals surface area contributed by atoms with Crippen LogP contribution in [0, 0.1) is 16.0 Å². The lowest BCUT2D eigenvalue weighted by Crippen LogP contribution is -2.33. The Bertz CT molecular complexity index is 1050. The number of nitrogens with zero attached hydrogens (tertiary/aromatic N) is 3. The fourth-order valence-electron chi connectivity index (χ4n) is 3.27. The number of amides is 2. The van der Waals surface area contributed by atoms with Gasteiger partial charge in [0.05, 0.1) is 12.0 Å². The summed E-state index contributed by atoms with van der Waals surface area (Å²) in [6, 6.07) is 10.4. The van der Waals surface area contributed by atoms with E-state index in [9.17, 15) is 19.7 Å². The van der Waals surface area contributed by atoms with Crippen molar-refractivity contribution in [2.45, 2.75) is 6.10 Å². The zero-order valence-corrected chi connectivity index (χ0v) is 15.1. The van der Waals surface area contributed by atoms with Gasteiger partial charge in [-0.15, -0.1) is 0 Å². The largest absolute Gasteiger partial charge is 0.495 e. The highest BCUT2D eigenvalue weighted by atomic mass is 35.5. The first-order valence-corrected chi connectivity index (χ1v) is 8.50. The van der Waals surface area contributed by atoms with Gasteiger partial charge in [0.25, 0.3) is 11.6 Å². The molecular weight excluding hydrogens is 390 g/mol. The molecule has 2 aliphatic heterocycles. The summed E-state index contributed by atoms with van der Waals surface area (Å²) in [5.74, 6) is -2.16. The number of imide groups is 1. The number of oxime groups is 1. The predicted molar refractivity (Wildman–Crippen MR) is 98.5 cm³/mol. The van der Waals surface area contributed by atoms with Crippen LogP contribution >= 0.6 is 11.6 Å². The van der Waals surface area contributed by atoms with Crippen molar-refractivity contribution in [2.75, 3.05) is 12.0 Å². The van der Waals surface area contributed by atoms with E-state index in [4.69, 9.17) is 21.2 Å². The molecular formula is C18H12ClN3O6. The lowest BCUT2D eigenvalue weighted by Gasteiger charge is -2.18. The van der Waals surface area contributed by atoms with Gasteiger partial charge in [0.15, 0.2) is 0 Å². The van der Waals surface area contributed by atoms with Crippen LogP contribution < -0.4 is 9.64 Å². The summed E-state index contributed by atoms with van der Waals surface area (Å²) in [5.41, 5.74) is 0.407. The quantitative estimate of drug-likeness (QED) is 0.442. The molecule has 2 aromatic rings. The molecule has 4 rings (SSSR count). The van der Waals surface area contributed by atoms with Gasteiger partial charge in [-0.3, -0.25) is 19.7 Å².